The summed E-state index contributed by atoms with van der Waals surface area (Å²) < 4.78 is 80.4. The molecule has 0 aliphatic heterocycles. The highest BCUT2D eigenvalue weighted by Gasteiger charge is 2.41. The van der Waals surface area contributed by atoms with Crippen molar-refractivity contribution in [3.05, 3.63) is 41.1 Å². The van der Waals surface area contributed by atoms with Crippen LogP contribution in [0, 0.1) is 0 Å². The Bertz CT molecular complexity index is 697. The lowest BCUT2D eigenvalue weighted by atomic mass is 10.3. The lowest BCUT2D eigenvalue weighted by Gasteiger charge is -2.08. The Balaban J connectivity index is 2.40. The molecule has 2 heterocycles. The molecule has 0 aromatic carbocycles. The van der Waals surface area contributed by atoms with Gasteiger partial charge in [0.05, 0.1) is 6.54 Å². The molecule has 1 N–H and O–H groups in total. The number of hydrogen-bond donors (Lipinski definition) is 1. The Morgan fingerprint density at radius 2 is 1.82 bits per heavy atom. The Morgan fingerprint density at radius 1 is 1.18 bits per heavy atom. The zero-order valence-electron chi connectivity index (χ0n) is 10.4. The van der Waals surface area contributed by atoms with Crippen LogP contribution in [0.5, 0.6) is 0 Å². The fourth-order valence-electron chi connectivity index (χ4n) is 1.63. The second-order valence-corrected chi connectivity index (χ2v) is 4.14. The zero-order valence-corrected chi connectivity index (χ0v) is 10.4. The van der Waals surface area contributed by atoms with Crippen molar-refractivity contribution in [1.29, 1.82) is 0 Å². The number of furan rings is 1. The molecule has 0 bridgehead atoms. The summed E-state index contributed by atoms with van der Waals surface area (Å²) >= 11 is 0. The van der Waals surface area contributed by atoms with Crippen LogP contribution in [-0.2, 0) is 18.9 Å². The van der Waals surface area contributed by atoms with E-state index >= 15 is 0 Å². The molecule has 0 spiro atoms. The summed E-state index contributed by atoms with van der Waals surface area (Å²) in [6, 6.07) is 1.89. The predicted molar refractivity (Wildman–Crippen MR) is 57.0 cm³/mol. The van der Waals surface area contributed by atoms with Gasteiger partial charge in [0.1, 0.15) is 11.5 Å². The van der Waals surface area contributed by atoms with Crippen LogP contribution in [-0.4, -0.2) is 20.9 Å². The van der Waals surface area contributed by atoms with Crippen LogP contribution < -0.4 is 0 Å². The van der Waals surface area contributed by atoms with Gasteiger partial charge >= 0.3 is 18.3 Å². The number of nitrogens with zero attached hydrogens (tertiary/aromatic N) is 2. The number of rotatable bonds is 3. The maximum absolute atomic E-state index is 12.7. The average Bonchev–Trinajstić information content (AvgIpc) is 2.94. The number of aromatic nitrogens is 2. The van der Waals surface area contributed by atoms with Crippen LogP contribution in [0.2, 0.25) is 0 Å². The molecule has 0 aliphatic rings. The number of hydrogen-bond acceptors (Lipinski definition) is 3. The molecule has 0 saturated carbocycles. The quantitative estimate of drug-likeness (QED) is 0.878. The van der Waals surface area contributed by atoms with Crippen LogP contribution in [0.3, 0.4) is 0 Å². The van der Waals surface area contributed by atoms with Gasteiger partial charge in [0, 0.05) is 6.07 Å². The summed E-state index contributed by atoms with van der Waals surface area (Å²) in [7, 11) is 0. The van der Waals surface area contributed by atoms with Gasteiger partial charge in [0.25, 0.3) is 0 Å². The Morgan fingerprint density at radius 3 is 2.27 bits per heavy atom. The van der Waals surface area contributed by atoms with Crippen molar-refractivity contribution in [2.45, 2.75) is 18.9 Å². The van der Waals surface area contributed by atoms with Crippen LogP contribution >= 0.6 is 0 Å². The van der Waals surface area contributed by atoms with Gasteiger partial charge in [-0.05, 0) is 12.1 Å². The molecule has 11 heteroatoms. The summed E-state index contributed by atoms with van der Waals surface area (Å²) in [5.74, 6) is -2.29. The second kappa shape index (κ2) is 5.07. The summed E-state index contributed by atoms with van der Waals surface area (Å²) in [5, 5.41) is 11.5. The molecular weight excluding hydrogens is 322 g/mol. The van der Waals surface area contributed by atoms with Gasteiger partial charge in [-0.3, -0.25) is 4.68 Å². The van der Waals surface area contributed by atoms with Crippen LogP contribution in [0.1, 0.15) is 27.7 Å². The minimum Gasteiger partial charge on any atom is -0.475 e. The second-order valence-electron chi connectivity index (χ2n) is 4.14. The third kappa shape index (κ3) is 3.23. The maximum Gasteiger partial charge on any atom is 0.435 e. The van der Waals surface area contributed by atoms with Gasteiger partial charge in [-0.1, -0.05) is 0 Å². The lowest BCUT2D eigenvalue weighted by Crippen LogP contribution is -2.15. The first-order chi connectivity index (χ1) is 9.98. The largest absolute Gasteiger partial charge is 0.475 e. The standard InChI is InChI=1S/C11H6F6N2O3/c12-10(13,14)7-3-8(11(15,16)17)19(18-7)4-5-1-2-6(22-5)9(20)21/h1-3H,4H2,(H,20,21). The van der Waals surface area contributed by atoms with E-state index in [2.05, 4.69) is 5.10 Å². The van der Waals surface area contributed by atoms with Crippen molar-refractivity contribution in [3.8, 4) is 0 Å². The van der Waals surface area contributed by atoms with Gasteiger partial charge in [-0.15, -0.1) is 0 Å². The zero-order chi connectivity index (χ0) is 16.7. The number of carboxylic acids is 1. The Hall–Kier alpha value is -2.46. The molecule has 2 aromatic rings. The topological polar surface area (TPSA) is 68.3 Å². The summed E-state index contributed by atoms with van der Waals surface area (Å²) in [5.41, 5.74) is -3.32. The van der Waals surface area contributed by atoms with Gasteiger partial charge in [-0.2, -0.15) is 31.4 Å². The van der Waals surface area contributed by atoms with E-state index < -0.39 is 42.0 Å². The molecule has 0 atom stereocenters. The molecule has 0 unspecified atom stereocenters. The smallest absolute Gasteiger partial charge is 0.435 e. The first-order valence-corrected chi connectivity index (χ1v) is 5.52. The van der Waals surface area contributed by atoms with E-state index in [-0.39, 0.29) is 16.5 Å². The summed E-state index contributed by atoms with van der Waals surface area (Å²) in [4.78, 5) is 10.6. The van der Waals surface area contributed by atoms with E-state index in [4.69, 9.17) is 9.52 Å². The van der Waals surface area contributed by atoms with E-state index in [1.54, 1.807) is 0 Å². The predicted octanol–water partition coefficient (Wildman–Crippen LogP) is 3.26. The average molecular weight is 328 g/mol. The van der Waals surface area contributed by atoms with Crippen molar-refractivity contribution < 1.29 is 40.7 Å². The molecule has 2 rings (SSSR count). The highest BCUT2D eigenvalue weighted by Crippen LogP contribution is 2.35. The fourth-order valence-corrected chi connectivity index (χ4v) is 1.63. The van der Waals surface area contributed by atoms with Crippen molar-refractivity contribution in [2.75, 3.05) is 0 Å². The normalized spacial score (nSPS) is 12.6. The van der Waals surface area contributed by atoms with Crippen LogP contribution in [0.25, 0.3) is 0 Å². The van der Waals surface area contributed by atoms with Crippen LogP contribution in [0.15, 0.2) is 22.6 Å². The maximum atomic E-state index is 12.7. The highest BCUT2D eigenvalue weighted by molar-refractivity contribution is 5.84. The van der Waals surface area contributed by atoms with Crippen molar-refractivity contribution in [2.24, 2.45) is 0 Å². The van der Waals surface area contributed by atoms with Gasteiger partial charge in [0.15, 0.2) is 5.69 Å². The fraction of sp³-hybridized carbons (Fsp3) is 0.273. The minimum absolute atomic E-state index is 0.0628. The Labute approximate surface area is 117 Å². The van der Waals surface area contributed by atoms with E-state index in [9.17, 15) is 31.1 Å². The monoisotopic (exact) mass is 328 g/mol. The number of aromatic carboxylic acids is 1. The molecule has 0 amide bonds. The molecule has 0 fully saturated rings. The van der Waals surface area contributed by atoms with E-state index in [1.165, 1.54) is 0 Å². The number of carboxylic acid groups (broad SMARTS) is 1. The van der Waals surface area contributed by atoms with Gasteiger partial charge in [-0.25, -0.2) is 4.79 Å². The van der Waals surface area contributed by atoms with Crippen molar-refractivity contribution >= 4 is 5.97 Å². The van der Waals surface area contributed by atoms with E-state index in [0.717, 1.165) is 12.1 Å². The summed E-state index contributed by atoms with van der Waals surface area (Å²) in [6.45, 7) is -0.793. The Kier molecular flexibility index (Phi) is 3.67. The third-order valence-electron chi connectivity index (χ3n) is 2.54. The third-order valence-corrected chi connectivity index (χ3v) is 2.54. The first kappa shape index (κ1) is 15.9. The van der Waals surface area contributed by atoms with Crippen molar-refractivity contribution in [3.63, 3.8) is 0 Å². The SMILES string of the molecule is O=C(O)c1ccc(Cn2nc(C(F)(F)F)cc2C(F)(F)F)o1. The van der Waals surface area contributed by atoms with Gasteiger partial charge in [0.2, 0.25) is 5.76 Å². The molecule has 22 heavy (non-hydrogen) atoms. The molecule has 0 aliphatic carbocycles. The molecule has 0 radical (unpaired) electrons. The number of carbonyl (C=O) groups is 1. The number of alkyl halides is 6. The molecule has 5 nitrogen and oxygen atoms in total. The molecular formula is C11H6F6N2O3. The highest BCUT2D eigenvalue weighted by atomic mass is 19.4. The van der Waals surface area contributed by atoms with Crippen molar-refractivity contribution in [1.82, 2.24) is 9.78 Å². The minimum atomic E-state index is -5.06. The number of halogens is 6. The summed E-state index contributed by atoms with van der Waals surface area (Å²) in [6.07, 6.45) is -10.1. The van der Waals surface area contributed by atoms with Gasteiger partial charge < -0.3 is 9.52 Å². The molecule has 0 saturated heterocycles. The van der Waals surface area contributed by atoms with E-state index in [0.29, 0.717) is 0 Å². The lowest BCUT2D eigenvalue weighted by molar-refractivity contribution is -0.144. The first-order valence-electron chi connectivity index (χ1n) is 5.52. The molecule has 120 valence electrons. The van der Waals surface area contributed by atoms with E-state index in [1.807, 2.05) is 0 Å². The van der Waals surface area contributed by atoms with Crippen LogP contribution in [0.4, 0.5) is 26.3 Å². The molecule has 2 aromatic heterocycles.